The van der Waals surface area contributed by atoms with Crippen LogP contribution in [0.2, 0.25) is 0 Å². The van der Waals surface area contributed by atoms with Crippen molar-refractivity contribution < 1.29 is 13.9 Å². The van der Waals surface area contributed by atoms with E-state index in [4.69, 9.17) is 10.5 Å². The van der Waals surface area contributed by atoms with Crippen LogP contribution in [0.25, 0.3) is 11.0 Å². The summed E-state index contributed by atoms with van der Waals surface area (Å²) < 4.78 is 20.3. The number of carbonyl (C=O) groups excluding carboxylic acids is 1. The van der Waals surface area contributed by atoms with Crippen molar-refractivity contribution in [3.05, 3.63) is 22.4 Å². The highest BCUT2D eigenvalue weighted by Gasteiger charge is 2.12. The third-order valence-electron chi connectivity index (χ3n) is 3.01. The first kappa shape index (κ1) is 15.7. The van der Waals surface area contributed by atoms with Gasteiger partial charge in [0.1, 0.15) is 5.82 Å². The first-order valence-corrected chi connectivity index (χ1v) is 7.18. The lowest BCUT2D eigenvalue weighted by molar-refractivity contribution is -0.121. The summed E-state index contributed by atoms with van der Waals surface area (Å²) >= 11 is 3.13. The molecular weight excluding hydrogens is 343 g/mol. The van der Waals surface area contributed by atoms with E-state index < -0.39 is 5.82 Å². The maximum Gasteiger partial charge on any atom is 0.221 e. The number of imidazole rings is 1. The number of aromatic nitrogens is 2. The second-order valence-corrected chi connectivity index (χ2v) is 5.32. The fourth-order valence-corrected chi connectivity index (χ4v) is 2.30. The van der Waals surface area contributed by atoms with Crippen molar-refractivity contribution >= 4 is 38.8 Å². The number of rotatable bonds is 6. The highest BCUT2D eigenvalue weighted by molar-refractivity contribution is 9.10. The highest BCUT2D eigenvalue weighted by Crippen LogP contribution is 2.25. The Balaban J connectivity index is 2.10. The second-order valence-electron chi connectivity index (χ2n) is 4.47. The predicted molar refractivity (Wildman–Crippen MR) is 81.3 cm³/mol. The average Bonchev–Trinajstić information content (AvgIpc) is 2.72. The SMILES string of the molecule is COCCNC(=O)CCn1c(N)nc2cc(F)c(Br)cc21. The number of nitrogens with one attached hydrogen (secondary N) is 1. The maximum absolute atomic E-state index is 13.5. The van der Waals surface area contributed by atoms with Crippen molar-refractivity contribution in [2.24, 2.45) is 0 Å². The number of fused-ring (bicyclic) bond motifs is 1. The van der Waals surface area contributed by atoms with Gasteiger partial charge in [-0.1, -0.05) is 0 Å². The van der Waals surface area contributed by atoms with Gasteiger partial charge in [-0.15, -0.1) is 0 Å². The lowest BCUT2D eigenvalue weighted by Crippen LogP contribution is -2.27. The number of methoxy groups -OCH3 is 1. The van der Waals surface area contributed by atoms with Crippen molar-refractivity contribution in [2.45, 2.75) is 13.0 Å². The molecule has 0 spiro atoms. The van der Waals surface area contributed by atoms with E-state index in [0.717, 1.165) is 0 Å². The fourth-order valence-electron chi connectivity index (χ4n) is 1.97. The molecule has 0 bridgehead atoms. The number of nitrogens with two attached hydrogens (primary N) is 1. The van der Waals surface area contributed by atoms with E-state index in [0.29, 0.717) is 35.2 Å². The van der Waals surface area contributed by atoms with Crippen molar-refractivity contribution in [1.29, 1.82) is 0 Å². The monoisotopic (exact) mass is 358 g/mol. The van der Waals surface area contributed by atoms with Gasteiger partial charge in [-0.2, -0.15) is 0 Å². The number of hydrogen-bond donors (Lipinski definition) is 2. The molecule has 6 nitrogen and oxygen atoms in total. The van der Waals surface area contributed by atoms with Gasteiger partial charge in [0.2, 0.25) is 11.9 Å². The summed E-state index contributed by atoms with van der Waals surface area (Å²) in [6, 6.07) is 2.92. The summed E-state index contributed by atoms with van der Waals surface area (Å²) in [5, 5.41) is 2.73. The number of nitrogens with zero attached hydrogens (tertiary/aromatic N) is 2. The number of amides is 1. The molecule has 0 fully saturated rings. The zero-order valence-corrected chi connectivity index (χ0v) is 13.1. The molecule has 1 amide bonds. The molecule has 0 aliphatic heterocycles. The Morgan fingerprint density at radius 2 is 2.33 bits per heavy atom. The number of nitrogen functional groups attached to an aromatic ring is 1. The summed E-state index contributed by atoms with van der Waals surface area (Å²) in [6.45, 7) is 1.31. The average molecular weight is 359 g/mol. The van der Waals surface area contributed by atoms with Gasteiger partial charge in [-0.05, 0) is 22.0 Å². The summed E-state index contributed by atoms with van der Waals surface area (Å²) in [4.78, 5) is 15.8. The Bertz CT molecular complexity index is 659. The van der Waals surface area contributed by atoms with Crippen molar-refractivity contribution in [3.8, 4) is 0 Å². The van der Waals surface area contributed by atoms with E-state index >= 15 is 0 Å². The first-order chi connectivity index (χ1) is 10.0. The molecule has 0 radical (unpaired) electrons. The van der Waals surface area contributed by atoms with Crippen molar-refractivity contribution in [1.82, 2.24) is 14.9 Å². The molecule has 2 aromatic rings. The van der Waals surface area contributed by atoms with Gasteiger partial charge in [0, 0.05) is 32.7 Å². The fraction of sp³-hybridized carbons (Fsp3) is 0.385. The highest BCUT2D eigenvalue weighted by atomic mass is 79.9. The number of carbonyl (C=O) groups is 1. The van der Waals surface area contributed by atoms with Crippen LogP contribution < -0.4 is 11.1 Å². The van der Waals surface area contributed by atoms with Crippen LogP contribution in [-0.2, 0) is 16.1 Å². The van der Waals surface area contributed by atoms with Gasteiger partial charge in [-0.25, -0.2) is 9.37 Å². The normalized spacial score (nSPS) is 11.0. The molecular formula is C13H16BrFN4O2. The van der Waals surface area contributed by atoms with Gasteiger partial charge in [-0.3, -0.25) is 4.79 Å². The van der Waals surface area contributed by atoms with Gasteiger partial charge >= 0.3 is 0 Å². The number of aryl methyl sites for hydroxylation is 1. The molecule has 1 aromatic carbocycles. The van der Waals surface area contributed by atoms with Crippen LogP contribution in [-0.4, -0.2) is 35.7 Å². The summed E-state index contributed by atoms with van der Waals surface area (Å²) in [5.41, 5.74) is 6.98. The standard InChI is InChI=1S/C13H16BrFN4O2/c1-21-5-3-17-12(20)2-4-19-11-6-8(14)9(15)7-10(11)18-13(19)16/h6-7H,2-5H2,1H3,(H2,16,18)(H,17,20). The molecule has 1 aromatic heterocycles. The molecule has 21 heavy (non-hydrogen) atoms. The Hall–Kier alpha value is -1.67. The zero-order chi connectivity index (χ0) is 15.4. The number of halogens is 2. The molecule has 0 aliphatic carbocycles. The van der Waals surface area contributed by atoms with Crippen LogP contribution in [0, 0.1) is 5.82 Å². The van der Waals surface area contributed by atoms with E-state index in [9.17, 15) is 9.18 Å². The largest absolute Gasteiger partial charge is 0.383 e. The van der Waals surface area contributed by atoms with Gasteiger partial charge < -0.3 is 20.4 Å². The Labute approximate surface area is 129 Å². The van der Waals surface area contributed by atoms with E-state index in [1.54, 1.807) is 17.7 Å². The minimum absolute atomic E-state index is 0.102. The third-order valence-corrected chi connectivity index (χ3v) is 3.62. The lowest BCUT2D eigenvalue weighted by Gasteiger charge is -2.07. The molecule has 0 saturated heterocycles. The molecule has 0 unspecified atom stereocenters. The topological polar surface area (TPSA) is 82.2 Å². The number of hydrogen-bond acceptors (Lipinski definition) is 4. The minimum Gasteiger partial charge on any atom is -0.383 e. The summed E-state index contributed by atoms with van der Waals surface area (Å²) in [7, 11) is 1.57. The maximum atomic E-state index is 13.5. The summed E-state index contributed by atoms with van der Waals surface area (Å²) in [5.74, 6) is -0.244. The van der Waals surface area contributed by atoms with Crippen molar-refractivity contribution in [3.63, 3.8) is 0 Å². The van der Waals surface area contributed by atoms with Gasteiger partial charge in [0.15, 0.2) is 0 Å². The van der Waals surface area contributed by atoms with E-state index in [1.165, 1.54) is 6.07 Å². The predicted octanol–water partition coefficient (Wildman–Crippen LogP) is 1.67. The van der Waals surface area contributed by atoms with Crippen LogP contribution in [0.4, 0.5) is 10.3 Å². The molecule has 0 atom stereocenters. The van der Waals surface area contributed by atoms with Crippen molar-refractivity contribution in [2.75, 3.05) is 26.0 Å². The second kappa shape index (κ2) is 6.86. The molecule has 8 heteroatoms. The third kappa shape index (κ3) is 3.70. The summed E-state index contributed by atoms with van der Waals surface area (Å²) in [6.07, 6.45) is 0.258. The lowest BCUT2D eigenvalue weighted by atomic mass is 10.3. The minimum atomic E-state index is -0.399. The number of anilines is 1. The molecule has 3 N–H and O–H groups in total. The number of benzene rings is 1. The van der Waals surface area contributed by atoms with Gasteiger partial charge in [0.25, 0.3) is 0 Å². The molecule has 1 heterocycles. The van der Waals surface area contributed by atoms with Crippen LogP contribution in [0.1, 0.15) is 6.42 Å². The number of ether oxygens (including phenoxy) is 1. The quantitative estimate of drug-likeness (QED) is 0.769. The van der Waals surface area contributed by atoms with Crippen LogP contribution in [0.5, 0.6) is 0 Å². The van der Waals surface area contributed by atoms with Gasteiger partial charge in [0.05, 0.1) is 22.1 Å². The zero-order valence-electron chi connectivity index (χ0n) is 11.5. The molecule has 2 rings (SSSR count). The molecule has 0 aliphatic rings. The van der Waals surface area contributed by atoms with Crippen LogP contribution >= 0.6 is 15.9 Å². The van der Waals surface area contributed by atoms with Crippen LogP contribution in [0.15, 0.2) is 16.6 Å². The Morgan fingerprint density at radius 1 is 1.57 bits per heavy atom. The Morgan fingerprint density at radius 3 is 3.05 bits per heavy atom. The smallest absolute Gasteiger partial charge is 0.221 e. The Kier molecular flexibility index (Phi) is 5.13. The van der Waals surface area contributed by atoms with E-state index in [1.807, 2.05) is 0 Å². The van der Waals surface area contributed by atoms with E-state index in [-0.39, 0.29) is 18.3 Å². The molecule has 114 valence electrons. The van der Waals surface area contributed by atoms with E-state index in [2.05, 4.69) is 26.2 Å². The van der Waals surface area contributed by atoms with Crippen LogP contribution in [0.3, 0.4) is 0 Å². The molecule has 0 saturated carbocycles. The first-order valence-electron chi connectivity index (χ1n) is 6.39.